The van der Waals surface area contributed by atoms with Crippen LogP contribution in [0.25, 0.3) is 0 Å². The average molecular weight is 279 g/mol. The summed E-state index contributed by atoms with van der Waals surface area (Å²) >= 11 is 0. The third-order valence-corrected chi connectivity index (χ3v) is 2.73. The van der Waals surface area contributed by atoms with Crippen LogP contribution in [0.4, 0.5) is 10.1 Å². The van der Waals surface area contributed by atoms with Crippen molar-refractivity contribution in [2.45, 2.75) is 13.5 Å². The number of hydrogen-bond acceptors (Lipinski definition) is 4. The number of aryl methyl sites for hydroxylation is 1. The van der Waals surface area contributed by atoms with Gasteiger partial charge in [-0.2, -0.15) is 9.49 Å². The van der Waals surface area contributed by atoms with E-state index in [1.165, 1.54) is 16.9 Å². The van der Waals surface area contributed by atoms with Crippen LogP contribution in [0.15, 0.2) is 24.4 Å². The van der Waals surface area contributed by atoms with Gasteiger partial charge in [0.2, 0.25) is 5.82 Å². The smallest absolute Gasteiger partial charge is 0.339 e. The summed E-state index contributed by atoms with van der Waals surface area (Å²) in [5, 5.41) is 23.4. The highest BCUT2D eigenvalue weighted by Gasteiger charge is 2.15. The summed E-state index contributed by atoms with van der Waals surface area (Å²) in [4.78, 5) is 20.6. The number of carbonyl (C=O) groups is 1. The van der Waals surface area contributed by atoms with E-state index in [0.29, 0.717) is 11.3 Å². The molecular formula is C12H10FN3O4. The normalized spacial score (nSPS) is 10.5. The maximum atomic E-state index is 13.5. The molecule has 0 saturated heterocycles. The van der Waals surface area contributed by atoms with Crippen LogP contribution >= 0.6 is 0 Å². The molecule has 20 heavy (non-hydrogen) atoms. The van der Waals surface area contributed by atoms with Gasteiger partial charge < -0.3 is 5.11 Å². The van der Waals surface area contributed by atoms with Crippen molar-refractivity contribution in [3.63, 3.8) is 0 Å². The molecule has 0 fully saturated rings. The van der Waals surface area contributed by atoms with Crippen molar-refractivity contribution >= 4 is 11.7 Å². The molecule has 0 amide bonds. The molecule has 0 bridgehead atoms. The Morgan fingerprint density at radius 2 is 2.25 bits per heavy atom. The fourth-order valence-corrected chi connectivity index (χ4v) is 1.79. The monoisotopic (exact) mass is 279 g/mol. The summed E-state index contributed by atoms with van der Waals surface area (Å²) in [6, 6.07) is 3.51. The predicted molar refractivity (Wildman–Crippen MR) is 66.1 cm³/mol. The third kappa shape index (κ3) is 2.63. The Hall–Kier alpha value is -2.77. The lowest BCUT2D eigenvalue weighted by atomic mass is 10.2. The van der Waals surface area contributed by atoms with Gasteiger partial charge in [-0.05, 0) is 18.6 Å². The van der Waals surface area contributed by atoms with Crippen molar-refractivity contribution in [2.75, 3.05) is 0 Å². The minimum atomic E-state index is -1.09. The third-order valence-electron chi connectivity index (χ3n) is 2.73. The molecule has 1 aromatic carbocycles. The number of carboxylic acids is 1. The molecule has 0 aliphatic rings. The SMILES string of the molecule is Cc1nn(Cc2ccc([N+](=O)[O-])c(F)c2)cc1C(=O)O. The quantitative estimate of drug-likeness (QED) is 0.681. The van der Waals surface area contributed by atoms with Crippen LogP contribution in [0.2, 0.25) is 0 Å². The van der Waals surface area contributed by atoms with Gasteiger partial charge in [0.25, 0.3) is 0 Å². The minimum absolute atomic E-state index is 0.0624. The zero-order valence-electron chi connectivity index (χ0n) is 10.4. The van der Waals surface area contributed by atoms with Crippen LogP contribution in [-0.2, 0) is 6.54 Å². The Bertz CT molecular complexity index is 696. The van der Waals surface area contributed by atoms with E-state index in [-0.39, 0.29) is 12.1 Å². The van der Waals surface area contributed by atoms with Crippen molar-refractivity contribution in [1.29, 1.82) is 0 Å². The molecule has 0 aliphatic heterocycles. The highest BCUT2D eigenvalue weighted by Crippen LogP contribution is 2.18. The Kier molecular flexibility index (Phi) is 3.47. The van der Waals surface area contributed by atoms with Gasteiger partial charge in [0, 0.05) is 12.3 Å². The van der Waals surface area contributed by atoms with Crippen molar-refractivity contribution in [1.82, 2.24) is 9.78 Å². The first-order valence-corrected chi connectivity index (χ1v) is 5.58. The number of benzene rings is 1. The molecule has 0 spiro atoms. The Morgan fingerprint density at radius 3 is 2.75 bits per heavy atom. The van der Waals surface area contributed by atoms with Crippen molar-refractivity contribution < 1.29 is 19.2 Å². The Balaban J connectivity index is 2.26. The second kappa shape index (κ2) is 5.08. The summed E-state index contributed by atoms with van der Waals surface area (Å²) in [5.41, 5.74) is 0.261. The van der Waals surface area contributed by atoms with Crippen molar-refractivity contribution in [3.05, 3.63) is 57.1 Å². The minimum Gasteiger partial charge on any atom is -0.478 e. The highest BCUT2D eigenvalue weighted by atomic mass is 19.1. The lowest BCUT2D eigenvalue weighted by molar-refractivity contribution is -0.387. The van der Waals surface area contributed by atoms with Crippen LogP contribution in [0.1, 0.15) is 21.6 Å². The second-order valence-corrected chi connectivity index (χ2v) is 4.17. The lowest BCUT2D eigenvalue weighted by Gasteiger charge is -2.02. The molecule has 0 unspecified atom stereocenters. The lowest BCUT2D eigenvalue weighted by Crippen LogP contribution is -2.02. The van der Waals surface area contributed by atoms with Crippen molar-refractivity contribution in [2.24, 2.45) is 0 Å². The van der Waals surface area contributed by atoms with Gasteiger partial charge in [0.1, 0.15) is 5.56 Å². The highest BCUT2D eigenvalue weighted by molar-refractivity contribution is 5.88. The first-order chi connectivity index (χ1) is 9.38. The standard InChI is InChI=1S/C12H10FN3O4/c1-7-9(12(17)18)6-15(14-7)5-8-2-3-11(16(19)20)10(13)4-8/h2-4,6H,5H2,1H3,(H,17,18). The largest absolute Gasteiger partial charge is 0.478 e. The van der Waals surface area contributed by atoms with E-state index in [2.05, 4.69) is 5.10 Å². The number of nitrogens with zero attached hydrogens (tertiary/aromatic N) is 3. The molecule has 0 radical (unpaired) electrons. The fourth-order valence-electron chi connectivity index (χ4n) is 1.79. The van der Waals surface area contributed by atoms with Crippen LogP contribution in [-0.4, -0.2) is 25.8 Å². The molecule has 7 nitrogen and oxygen atoms in total. The van der Waals surface area contributed by atoms with Gasteiger partial charge in [0.15, 0.2) is 0 Å². The summed E-state index contributed by atoms with van der Waals surface area (Å²) in [6.07, 6.45) is 1.33. The zero-order chi connectivity index (χ0) is 14.9. The van der Waals surface area contributed by atoms with E-state index in [0.717, 1.165) is 12.1 Å². The number of rotatable bonds is 4. The van der Waals surface area contributed by atoms with Gasteiger partial charge >= 0.3 is 11.7 Å². The second-order valence-electron chi connectivity index (χ2n) is 4.17. The van der Waals surface area contributed by atoms with Crippen LogP contribution in [0, 0.1) is 22.9 Å². The number of nitro benzene ring substituents is 1. The molecule has 0 saturated carbocycles. The summed E-state index contributed by atoms with van der Waals surface area (Å²) in [6.45, 7) is 1.68. The van der Waals surface area contributed by atoms with E-state index in [4.69, 9.17) is 5.11 Å². The average Bonchev–Trinajstić information content (AvgIpc) is 2.70. The molecule has 0 atom stereocenters. The molecule has 2 rings (SSSR count). The summed E-state index contributed by atoms with van der Waals surface area (Å²) < 4.78 is 14.8. The van der Waals surface area contributed by atoms with E-state index >= 15 is 0 Å². The van der Waals surface area contributed by atoms with Crippen LogP contribution in [0.5, 0.6) is 0 Å². The van der Waals surface area contributed by atoms with Gasteiger partial charge in [0.05, 0.1) is 17.2 Å². The van der Waals surface area contributed by atoms with Crippen molar-refractivity contribution in [3.8, 4) is 0 Å². The molecule has 1 heterocycles. The molecular weight excluding hydrogens is 269 g/mol. The van der Waals surface area contributed by atoms with Crippen LogP contribution in [0.3, 0.4) is 0 Å². The molecule has 8 heteroatoms. The van der Waals surface area contributed by atoms with Gasteiger partial charge in [-0.15, -0.1) is 0 Å². The number of carboxylic acid groups (broad SMARTS) is 1. The van der Waals surface area contributed by atoms with Gasteiger partial charge in [-0.1, -0.05) is 6.07 Å². The number of halogens is 1. The maximum absolute atomic E-state index is 13.5. The molecule has 1 aromatic heterocycles. The Labute approximate surface area is 112 Å². The van der Waals surface area contributed by atoms with E-state index in [9.17, 15) is 19.3 Å². The first kappa shape index (κ1) is 13.7. The molecule has 2 aromatic rings. The number of aromatic nitrogens is 2. The Morgan fingerprint density at radius 1 is 1.55 bits per heavy atom. The van der Waals surface area contributed by atoms with E-state index in [1.54, 1.807) is 6.92 Å². The zero-order valence-corrected chi connectivity index (χ0v) is 10.4. The molecule has 104 valence electrons. The molecule has 0 aliphatic carbocycles. The summed E-state index contributed by atoms with van der Waals surface area (Å²) in [7, 11) is 0. The first-order valence-electron chi connectivity index (χ1n) is 5.58. The fraction of sp³-hybridized carbons (Fsp3) is 0.167. The predicted octanol–water partition coefficient (Wildman–Crippen LogP) is 1.99. The summed E-state index contributed by atoms with van der Waals surface area (Å²) in [5.74, 6) is -2.03. The number of aromatic carboxylic acids is 1. The number of hydrogen-bond donors (Lipinski definition) is 1. The van der Waals surface area contributed by atoms with E-state index < -0.39 is 22.4 Å². The topological polar surface area (TPSA) is 98.3 Å². The van der Waals surface area contributed by atoms with Crippen LogP contribution < -0.4 is 0 Å². The van der Waals surface area contributed by atoms with Gasteiger partial charge in [-0.25, -0.2) is 4.79 Å². The van der Waals surface area contributed by atoms with E-state index in [1.807, 2.05) is 0 Å². The molecule has 1 N–H and O–H groups in total. The van der Waals surface area contributed by atoms with Gasteiger partial charge in [-0.3, -0.25) is 14.8 Å². The number of nitro groups is 1. The maximum Gasteiger partial charge on any atom is 0.339 e.